The number of carboxylic acids is 1. The molecule has 1 fully saturated rings. The average molecular weight is 479 g/mol. The van der Waals surface area contributed by atoms with Gasteiger partial charge in [-0.2, -0.15) is 0 Å². The zero-order valence-corrected chi connectivity index (χ0v) is 19.1. The average Bonchev–Trinajstić information content (AvgIpc) is 3.24. The fourth-order valence-electron chi connectivity index (χ4n) is 3.41. The fraction of sp³-hybridized carbons (Fsp3) is 0.208. The molecule has 7 nitrogen and oxygen atoms in total. The van der Waals surface area contributed by atoms with Gasteiger partial charge >= 0.3 is 12.1 Å². The fourth-order valence-corrected chi connectivity index (χ4v) is 5.95. The van der Waals surface area contributed by atoms with Crippen molar-refractivity contribution in [1.82, 2.24) is 5.16 Å². The van der Waals surface area contributed by atoms with E-state index in [1.54, 1.807) is 6.92 Å². The van der Waals surface area contributed by atoms with Crippen LogP contribution in [-0.4, -0.2) is 22.3 Å². The highest BCUT2D eigenvalue weighted by Gasteiger charge is 2.53. The number of aromatic nitrogens is 1. The van der Waals surface area contributed by atoms with E-state index in [-0.39, 0.29) is 6.61 Å². The SMILES string of the molecule is Cc1onc(C#Cc2cc3cc(C4(C(=O)O)CC4)sc3s2)c1NC(=O)OCc1ccccc1. The van der Waals surface area contributed by atoms with E-state index >= 15 is 0 Å². The van der Waals surface area contributed by atoms with Crippen molar-refractivity contribution >= 4 is 49.8 Å². The van der Waals surface area contributed by atoms with Crippen molar-refractivity contribution in [2.24, 2.45) is 0 Å². The molecule has 9 heteroatoms. The van der Waals surface area contributed by atoms with Crippen molar-refractivity contribution in [3.05, 3.63) is 69.2 Å². The topological polar surface area (TPSA) is 102 Å². The van der Waals surface area contributed by atoms with E-state index in [1.807, 2.05) is 42.5 Å². The zero-order valence-electron chi connectivity index (χ0n) is 17.5. The van der Waals surface area contributed by atoms with Crippen LogP contribution in [0.1, 0.15) is 39.6 Å². The van der Waals surface area contributed by atoms with E-state index in [0.29, 0.717) is 30.0 Å². The Hall–Kier alpha value is -3.61. The predicted octanol–water partition coefficient (Wildman–Crippen LogP) is 5.52. The molecule has 5 rings (SSSR count). The van der Waals surface area contributed by atoms with Crippen LogP contribution < -0.4 is 5.32 Å². The largest absolute Gasteiger partial charge is 0.481 e. The van der Waals surface area contributed by atoms with E-state index in [9.17, 15) is 14.7 Å². The van der Waals surface area contributed by atoms with Crippen molar-refractivity contribution < 1.29 is 24.0 Å². The lowest BCUT2D eigenvalue weighted by molar-refractivity contribution is -0.139. The number of carbonyl (C=O) groups excluding carboxylic acids is 1. The van der Waals surface area contributed by atoms with Crippen LogP contribution in [0.2, 0.25) is 0 Å². The minimum atomic E-state index is -0.750. The Morgan fingerprint density at radius 1 is 1.21 bits per heavy atom. The molecule has 0 unspecified atom stereocenters. The summed E-state index contributed by atoms with van der Waals surface area (Å²) in [6.07, 6.45) is 0.764. The van der Waals surface area contributed by atoms with Gasteiger partial charge in [-0.1, -0.05) is 35.5 Å². The Morgan fingerprint density at radius 3 is 2.70 bits per heavy atom. The maximum Gasteiger partial charge on any atom is 0.412 e. The summed E-state index contributed by atoms with van der Waals surface area (Å²) in [5.41, 5.74) is 0.873. The summed E-state index contributed by atoms with van der Waals surface area (Å²) in [4.78, 5) is 25.5. The molecule has 1 saturated carbocycles. The van der Waals surface area contributed by atoms with Crippen LogP contribution in [0.3, 0.4) is 0 Å². The van der Waals surface area contributed by atoms with Crippen LogP contribution in [-0.2, 0) is 21.6 Å². The number of thiophene rings is 2. The Balaban J connectivity index is 1.29. The molecule has 0 spiro atoms. The summed E-state index contributed by atoms with van der Waals surface area (Å²) >= 11 is 3.03. The first-order chi connectivity index (χ1) is 15.9. The molecule has 1 amide bonds. The van der Waals surface area contributed by atoms with Gasteiger partial charge in [-0.05, 0) is 49.3 Å². The molecule has 166 valence electrons. The molecule has 1 aliphatic carbocycles. The number of aliphatic carboxylic acids is 1. The van der Waals surface area contributed by atoms with Gasteiger partial charge in [0.2, 0.25) is 0 Å². The second-order valence-electron chi connectivity index (χ2n) is 7.75. The van der Waals surface area contributed by atoms with E-state index < -0.39 is 17.5 Å². The summed E-state index contributed by atoms with van der Waals surface area (Å²) in [6, 6.07) is 13.3. The minimum Gasteiger partial charge on any atom is -0.481 e. The van der Waals surface area contributed by atoms with E-state index in [0.717, 1.165) is 24.7 Å². The monoisotopic (exact) mass is 478 g/mol. The molecule has 2 N–H and O–H groups in total. The normalized spacial score (nSPS) is 13.8. The summed E-state index contributed by atoms with van der Waals surface area (Å²) in [5, 5.41) is 17.1. The second-order valence-corrected chi connectivity index (χ2v) is 10.1. The molecule has 33 heavy (non-hydrogen) atoms. The van der Waals surface area contributed by atoms with Crippen molar-refractivity contribution in [3.8, 4) is 11.8 Å². The molecule has 0 aliphatic heterocycles. The smallest absolute Gasteiger partial charge is 0.412 e. The van der Waals surface area contributed by atoms with E-state index in [4.69, 9.17) is 9.26 Å². The van der Waals surface area contributed by atoms with Crippen LogP contribution >= 0.6 is 22.7 Å². The maximum absolute atomic E-state index is 12.2. The molecule has 0 atom stereocenters. The van der Waals surface area contributed by atoms with Crippen LogP contribution in [0.25, 0.3) is 9.40 Å². The molecule has 0 saturated heterocycles. The van der Waals surface area contributed by atoms with Gasteiger partial charge in [0, 0.05) is 10.3 Å². The number of nitrogens with zero attached hydrogens (tertiary/aromatic N) is 1. The third kappa shape index (κ3) is 4.23. The molecular formula is C24H18N2O5S2. The Kier molecular flexibility index (Phi) is 5.40. The first kappa shape index (κ1) is 21.2. The third-order valence-electron chi connectivity index (χ3n) is 5.45. The van der Waals surface area contributed by atoms with Crippen LogP contribution in [0.15, 0.2) is 47.0 Å². The molecule has 4 aromatic rings. The van der Waals surface area contributed by atoms with Gasteiger partial charge in [-0.25, -0.2) is 4.79 Å². The first-order valence-electron chi connectivity index (χ1n) is 10.2. The maximum atomic E-state index is 12.2. The van der Waals surface area contributed by atoms with Crippen LogP contribution in [0, 0.1) is 18.8 Å². The molecule has 0 bridgehead atoms. The number of carboxylic acid groups (broad SMARTS) is 1. The number of ether oxygens (including phenoxy) is 1. The van der Waals surface area contributed by atoms with Crippen molar-refractivity contribution in [2.75, 3.05) is 5.32 Å². The standard InChI is InChI=1S/C24H18N2O5S2/c1-14-20(25-23(29)30-13-15-5-3-2-4-6-15)18(26-31-14)8-7-17-11-16-12-19(33-21(16)32-17)24(9-10-24)22(27)28/h2-6,11-12H,9-10,13H2,1H3,(H,25,29)(H,27,28). The van der Waals surface area contributed by atoms with Gasteiger partial charge in [0.1, 0.15) is 17.7 Å². The molecule has 3 aromatic heterocycles. The van der Waals surface area contributed by atoms with Gasteiger partial charge in [-0.3, -0.25) is 10.1 Å². The summed E-state index contributed by atoms with van der Waals surface area (Å²) < 4.78 is 11.5. The quantitative estimate of drug-likeness (QED) is 0.366. The minimum absolute atomic E-state index is 0.148. The number of fused-ring (bicyclic) bond motifs is 1. The summed E-state index contributed by atoms with van der Waals surface area (Å²) in [7, 11) is 0. The third-order valence-corrected chi connectivity index (χ3v) is 7.96. The number of anilines is 1. The van der Waals surface area contributed by atoms with Gasteiger partial charge < -0.3 is 14.4 Å². The predicted molar refractivity (Wildman–Crippen MR) is 126 cm³/mol. The number of carbonyl (C=O) groups is 2. The Bertz CT molecular complexity index is 1390. The van der Waals surface area contributed by atoms with E-state index in [2.05, 4.69) is 22.3 Å². The van der Waals surface area contributed by atoms with Gasteiger partial charge in [-0.15, -0.1) is 22.7 Å². The first-order valence-corrected chi connectivity index (χ1v) is 11.8. The Morgan fingerprint density at radius 2 is 2.00 bits per heavy atom. The zero-order chi connectivity index (χ0) is 23.0. The molecule has 1 aromatic carbocycles. The lowest BCUT2D eigenvalue weighted by Crippen LogP contribution is -2.17. The molecule has 3 heterocycles. The van der Waals surface area contributed by atoms with E-state index in [1.165, 1.54) is 22.7 Å². The number of aryl methyl sites for hydroxylation is 1. The highest BCUT2D eigenvalue weighted by molar-refractivity contribution is 7.38. The van der Waals surface area contributed by atoms with Crippen molar-refractivity contribution in [2.45, 2.75) is 31.8 Å². The number of amides is 1. The van der Waals surface area contributed by atoms with Crippen LogP contribution in [0.4, 0.5) is 10.5 Å². The lowest BCUT2D eigenvalue weighted by Gasteiger charge is -2.06. The van der Waals surface area contributed by atoms with Crippen molar-refractivity contribution in [1.29, 1.82) is 0 Å². The van der Waals surface area contributed by atoms with Gasteiger partial charge in [0.25, 0.3) is 0 Å². The van der Waals surface area contributed by atoms with Crippen LogP contribution in [0.5, 0.6) is 0 Å². The van der Waals surface area contributed by atoms with Gasteiger partial charge in [0.05, 0.1) is 8.89 Å². The number of hydrogen-bond acceptors (Lipinski definition) is 7. The number of nitrogens with one attached hydrogen (secondary N) is 1. The Labute approximate surface area is 197 Å². The van der Waals surface area contributed by atoms with Crippen molar-refractivity contribution in [3.63, 3.8) is 0 Å². The number of rotatable bonds is 5. The molecule has 1 aliphatic rings. The highest BCUT2D eigenvalue weighted by atomic mass is 32.2. The number of hydrogen-bond donors (Lipinski definition) is 2. The molecular weight excluding hydrogens is 460 g/mol. The summed E-state index contributed by atoms with van der Waals surface area (Å²) in [6.45, 7) is 1.83. The highest BCUT2D eigenvalue weighted by Crippen LogP contribution is 2.52. The lowest BCUT2D eigenvalue weighted by atomic mass is 10.1. The number of benzene rings is 1. The van der Waals surface area contributed by atoms with Gasteiger partial charge in [0.15, 0.2) is 11.5 Å². The summed E-state index contributed by atoms with van der Waals surface area (Å²) in [5.74, 6) is 5.69. The molecule has 0 radical (unpaired) electrons. The second kappa shape index (κ2) is 8.39.